The Morgan fingerprint density at radius 3 is 2.41 bits per heavy atom. The molecule has 0 amide bonds. The molecule has 1 aromatic carbocycles. The van der Waals surface area contributed by atoms with E-state index >= 15 is 0 Å². The highest BCUT2D eigenvalue weighted by Gasteiger charge is 2.25. The molecule has 0 spiro atoms. The second kappa shape index (κ2) is 8.89. The van der Waals surface area contributed by atoms with Gasteiger partial charge >= 0.3 is 0 Å². The lowest BCUT2D eigenvalue weighted by atomic mass is 9.85. The van der Waals surface area contributed by atoms with Crippen LogP contribution in [0.3, 0.4) is 0 Å². The summed E-state index contributed by atoms with van der Waals surface area (Å²) >= 11 is 3.48. The maximum absolute atomic E-state index is 10.7. The second-order valence-electron chi connectivity index (χ2n) is 7.62. The Hall–Kier alpha value is -1.86. The summed E-state index contributed by atoms with van der Waals surface area (Å²) in [6, 6.07) is 8.34. The van der Waals surface area contributed by atoms with E-state index in [0.29, 0.717) is 19.0 Å². The molecule has 3 N–H and O–H groups in total. The molecule has 1 heterocycles. The van der Waals surface area contributed by atoms with Crippen molar-refractivity contribution < 1.29 is 5.11 Å². The quantitative estimate of drug-likeness (QED) is 0.461. The predicted molar refractivity (Wildman–Crippen MR) is 114 cm³/mol. The van der Waals surface area contributed by atoms with Crippen LogP contribution in [0.2, 0.25) is 0 Å². The number of aromatic nitrogens is 2. The number of benzene rings is 1. The summed E-state index contributed by atoms with van der Waals surface area (Å²) in [4.78, 5) is 4.74. The van der Waals surface area contributed by atoms with Gasteiger partial charge in [0.1, 0.15) is 5.60 Å². The number of nitrogens with one attached hydrogen (secondary N) is 2. The molecule has 0 saturated heterocycles. The second-order valence-corrected chi connectivity index (χ2v) is 8.53. The summed E-state index contributed by atoms with van der Waals surface area (Å²) in [5.41, 5.74) is 0.858. The zero-order chi connectivity index (χ0) is 20.1. The molecule has 1 aromatic heterocycles. The van der Waals surface area contributed by atoms with Crippen LogP contribution in [-0.2, 0) is 18.1 Å². The lowest BCUT2D eigenvalue weighted by Crippen LogP contribution is -2.45. The molecule has 0 saturated carbocycles. The summed E-state index contributed by atoms with van der Waals surface area (Å²) in [6.07, 6.45) is 3.50. The third-order valence-electron chi connectivity index (χ3n) is 4.53. The number of rotatable bonds is 7. The first kappa shape index (κ1) is 21.4. The van der Waals surface area contributed by atoms with Crippen molar-refractivity contribution in [3.63, 3.8) is 0 Å². The molecule has 148 valence electrons. The van der Waals surface area contributed by atoms with Crippen LogP contribution in [0.1, 0.15) is 38.8 Å². The molecule has 2 rings (SSSR count). The fraction of sp³-hybridized carbons (Fsp3) is 0.500. The van der Waals surface area contributed by atoms with Crippen LogP contribution in [0.15, 0.2) is 46.1 Å². The molecule has 7 heteroatoms. The van der Waals surface area contributed by atoms with E-state index in [1.165, 1.54) is 5.56 Å². The van der Waals surface area contributed by atoms with Crippen molar-refractivity contribution in [1.82, 2.24) is 20.4 Å². The average molecular weight is 436 g/mol. The Bertz CT molecular complexity index is 765. The van der Waals surface area contributed by atoms with Crippen molar-refractivity contribution in [2.75, 3.05) is 19.6 Å². The van der Waals surface area contributed by atoms with Gasteiger partial charge in [-0.25, -0.2) is 0 Å². The van der Waals surface area contributed by atoms with Gasteiger partial charge in [0.15, 0.2) is 5.96 Å². The van der Waals surface area contributed by atoms with E-state index in [9.17, 15) is 5.11 Å². The van der Waals surface area contributed by atoms with Gasteiger partial charge in [0.2, 0.25) is 0 Å². The topological polar surface area (TPSA) is 74.5 Å². The molecule has 0 aliphatic rings. The number of aliphatic hydroxyl groups is 1. The summed E-state index contributed by atoms with van der Waals surface area (Å²) < 4.78 is 2.75. The van der Waals surface area contributed by atoms with Gasteiger partial charge in [-0.2, -0.15) is 5.10 Å². The number of halogens is 1. The van der Waals surface area contributed by atoms with Crippen LogP contribution in [0.25, 0.3) is 0 Å². The van der Waals surface area contributed by atoms with Crippen molar-refractivity contribution in [3.8, 4) is 0 Å². The summed E-state index contributed by atoms with van der Waals surface area (Å²) in [6.45, 7) is 9.86. The van der Waals surface area contributed by atoms with Crippen LogP contribution in [0.5, 0.6) is 0 Å². The third-order valence-corrected chi connectivity index (χ3v) is 5.06. The van der Waals surface area contributed by atoms with Crippen molar-refractivity contribution >= 4 is 21.9 Å². The van der Waals surface area contributed by atoms with Gasteiger partial charge in [-0.1, -0.05) is 41.9 Å². The number of guanidine groups is 1. The zero-order valence-electron chi connectivity index (χ0n) is 16.8. The Kier molecular flexibility index (Phi) is 7.06. The number of hydrogen-bond acceptors (Lipinski definition) is 3. The standard InChI is InChI=1S/C20H30BrN5O/c1-6-22-18(24-14-20(4,27)16-11-25-26(5)12-16)23-13-19(2,3)15-7-9-17(21)10-8-15/h7-12,27H,6,13-14H2,1-5H3,(H2,22,23,24). The van der Waals surface area contributed by atoms with Gasteiger partial charge in [-0.3, -0.25) is 9.67 Å². The molecule has 1 atom stereocenters. The molecule has 6 nitrogen and oxygen atoms in total. The van der Waals surface area contributed by atoms with Crippen LogP contribution >= 0.6 is 15.9 Å². The van der Waals surface area contributed by atoms with Crippen LogP contribution in [0, 0.1) is 0 Å². The fourth-order valence-electron chi connectivity index (χ4n) is 2.67. The molecule has 0 aliphatic carbocycles. The van der Waals surface area contributed by atoms with Crippen LogP contribution < -0.4 is 10.6 Å². The first-order chi connectivity index (χ1) is 12.6. The van der Waals surface area contributed by atoms with E-state index in [-0.39, 0.29) is 5.41 Å². The zero-order valence-corrected chi connectivity index (χ0v) is 18.3. The summed E-state index contributed by atoms with van der Waals surface area (Å²) in [5, 5.41) is 21.4. The monoisotopic (exact) mass is 435 g/mol. The van der Waals surface area contributed by atoms with Gasteiger partial charge in [0.25, 0.3) is 0 Å². The molecule has 0 radical (unpaired) electrons. The number of aryl methyl sites for hydroxylation is 1. The Labute approximate surface area is 170 Å². The van der Waals surface area contributed by atoms with Gasteiger partial charge in [-0.05, 0) is 31.5 Å². The maximum atomic E-state index is 10.7. The minimum atomic E-state index is -1.04. The lowest BCUT2D eigenvalue weighted by molar-refractivity contribution is 0.0616. The van der Waals surface area contributed by atoms with Gasteiger partial charge in [-0.15, -0.1) is 0 Å². The highest BCUT2D eigenvalue weighted by Crippen LogP contribution is 2.25. The van der Waals surface area contributed by atoms with E-state index in [1.807, 2.05) is 20.2 Å². The van der Waals surface area contributed by atoms with E-state index in [1.54, 1.807) is 17.8 Å². The molecule has 0 bridgehead atoms. The minimum absolute atomic E-state index is 0.102. The highest BCUT2D eigenvalue weighted by molar-refractivity contribution is 9.10. The third kappa shape index (κ3) is 6.07. The smallest absolute Gasteiger partial charge is 0.191 e. The fourth-order valence-corrected chi connectivity index (χ4v) is 2.93. The number of nitrogens with zero attached hydrogens (tertiary/aromatic N) is 3. The molecular formula is C20H30BrN5O. The average Bonchev–Trinajstić information content (AvgIpc) is 3.05. The predicted octanol–water partition coefficient (Wildman–Crippen LogP) is 2.92. The molecule has 0 aliphatic heterocycles. The minimum Gasteiger partial charge on any atom is -0.383 e. The van der Waals surface area contributed by atoms with Crippen molar-refractivity contribution in [2.45, 2.75) is 38.7 Å². The van der Waals surface area contributed by atoms with E-state index in [0.717, 1.165) is 16.6 Å². The summed E-state index contributed by atoms with van der Waals surface area (Å²) in [5.74, 6) is 0.687. The Morgan fingerprint density at radius 1 is 1.19 bits per heavy atom. The van der Waals surface area contributed by atoms with E-state index in [2.05, 4.69) is 69.8 Å². The molecule has 27 heavy (non-hydrogen) atoms. The Balaban J connectivity index is 2.06. The summed E-state index contributed by atoms with van der Waals surface area (Å²) in [7, 11) is 1.84. The largest absolute Gasteiger partial charge is 0.383 e. The number of aliphatic imine (C=N–C) groups is 1. The van der Waals surface area contributed by atoms with Crippen molar-refractivity contribution in [2.24, 2.45) is 12.0 Å². The first-order valence-corrected chi connectivity index (χ1v) is 9.93. The SMILES string of the molecule is CCNC(=NCC(C)(C)c1ccc(Br)cc1)NCC(C)(O)c1cnn(C)c1. The van der Waals surface area contributed by atoms with Crippen LogP contribution in [0.4, 0.5) is 0 Å². The van der Waals surface area contributed by atoms with Gasteiger partial charge in [0.05, 0.1) is 19.3 Å². The number of hydrogen-bond donors (Lipinski definition) is 3. The molecule has 0 fully saturated rings. The van der Waals surface area contributed by atoms with Gasteiger partial charge in [0, 0.05) is 35.2 Å². The Morgan fingerprint density at radius 2 is 1.85 bits per heavy atom. The van der Waals surface area contributed by atoms with Crippen molar-refractivity contribution in [3.05, 3.63) is 52.3 Å². The first-order valence-electron chi connectivity index (χ1n) is 9.14. The normalized spacial score (nSPS) is 14.7. The van der Waals surface area contributed by atoms with Gasteiger partial charge < -0.3 is 15.7 Å². The lowest BCUT2D eigenvalue weighted by Gasteiger charge is -2.26. The van der Waals surface area contributed by atoms with Crippen molar-refractivity contribution in [1.29, 1.82) is 0 Å². The molecule has 1 unspecified atom stereocenters. The highest BCUT2D eigenvalue weighted by atomic mass is 79.9. The molecule has 2 aromatic rings. The molecular weight excluding hydrogens is 406 g/mol. The van der Waals surface area contributed by atoms with E-state index in [4.69, 9.17) is 4.99 Å². The maximum Gasteiger partial charge on any atom is 0.191 e. The van der Waals surface area contributed by atoms with Crippen LogP contribution in [-0.4, -0.2) is 40.5 Å². The van der Waals surface area contributed by atoms with E-state index < -0.39 is 5.60 Å².